The van der Waals surface area contributed by atoms with Crippen LogP contribution >= 0.6 is 11.8 Å². The van der Waals surface area contributed by atoms with Crippen LogP contribution in [-0.4, -0.2) is 57.8 Å². The fourth-order valence-electron chi connectivity index (χ4n) is 1.77. The minimum atomic E-state index is -1.19. The number of thioether (sulfide) groups is 1. The summed E-state index contributed by atoms with van der Waals surface area (Å²) in [6.07, 6.45) is 1.70. The zero-order chi connectivity index (χ0) is 17.4. The number of aromatic hydroxyl groups is 1. The number of hydrogen-bond donors (Lipinski definition) is 5. The summed E-state index contributed by atoms with van der Waals surface area (Å²) in [5.41, 5.74) is 0.343. The van der Waals surface area contributed by atoms with Gasteiger partial charge in [-0.05, 0) is 24.0 Å². The van der Waals surface area contributed by atoms with E-state index in [0.29, 0.717) is 5.56 Å². The van der Waals surface area contributed by atoms with Gasteiger partial charge in [-0.25, -0.2) is 4.79 Å². The molecule has 1 aromatic carbocycles. The maximum Gasteiger partial charge on any atom is 0.327 e. The van der Waals surface area contributed by atoms with Gasteiger partial charge in [0.1, 0.15) is 24.4 Å². The van der Waals surface area contributed by atoms with E-state index in [0.717, 1.165) is 0 Å². The monoisotopic (exact) mass is 342 g/mol. The van der Waals surface area contributed by atoms with E-state index in [-0.39, 0.29) is 11.5 Å². The van der Waals surface area contributed by atoms with Gasteiger partial charge in [0.25, 0.3) is 0 Å². The van der Waals surface area contributed by atoms with Gasteiger partial charge in [0, 0.05) is 5.75 Å². The number of carboxylic acids is 1. The zero-order valence-electron chi connectivity index (χ0n) is 12.4. The van der Waals surface area contributed by atoms with Crippen molar-refractivity contribution in [3.63, 3.8) is 0 Å². The minimum Gasteiger partial charge on any atom is -0.508 e. The average molecular weight is 342 g/mol. The fraction of sp³-hybridized carbons (Fsp3) is 0.357. The normalized spacial score (nSPS) is 13.0. The molecule has 9 heteroatoms. The largest absolute Gasteiger partial charge is 0.508 e. The Balaban J connectivity index is 2.98. The molecule has 0 radical (unpaired) electrons. The molecular weight excluding hydrogens is 324 g/mol. The molecule has 0 spiro atoms. The summed E-state index contributed by atoms with van der Waals surface area (Å²) in [4.78, 5) is 34.8. The number of aliphatic hydroxyl groups excluding tert-OH is 1. The molecule has 0 aliphatic carbocycles. The highest BCUT2D eigenvalue weighted by molar-refractivity contribution is 7.98. The van der Waals surface area contributed by atoms with E-state index >= 15 is 0 Å². The van der Waals surface area contributed by atoms with E-state index in [9.17, 15) is 19.5 Å². The van der Waals surface area contributed by atoms with Crippen LogP contribution in [-0.2, 0) is 14.4 Å². The number of carbonyl (C=O) groups is 3. The first-order valence-corrected chi connectivity index (χ1v) is 7.99. The second-order valence-electron chi connectivity index (χ2n) is 4.60. The number of carbonyl (C=O) groups excluding carboxylic acids is 2. The van der Waals surface area contributed by atoms with Crippen LogP contribution in [0.5, 0.6) is 5.75 Å². The summed E-state index contributed by atoms with van der Waals surface area (Å²) < 4.78 is 0. The van der Waals surface area contributed by atoms with Crippen LogP contribution in [0.4, 0.5) is 0 Å². The molecule has 0 fully saturated rings. The molecule has 0 heterocycles. The molecule has 8 nitrogen and oxygen atoms in total. The van der Waals surface area contributed by atoms with Gasteiger partial charge in [-0.1, -0.05) is 12.1 Å². The van der Waals surface area contributed by atoms with Gasteiger partial charge in [0.2, 0.25) is 11.8 Å². The topological polar surface area (TPSA) is 136 Å². The highest BCUT2D eigenvalue weighted by atomic mass is 32.2. The van der Waals surface area contributed by atoms with Crippen LogP contribution in [0, 0.1) is 0 Å². The molecular formula is C14H18N2O6S. The highest BCUT2D eigenvalue weighted by Crippen LogP contribution is 2.17. The fourth-order valence-corrected chi connectivity index (χ4v) is 2.33. The number of phenolic OH excluding ortho intramolecular Hbond substituents is 1. The van der Waals surface area contributed by atoms with E-state index in [4.69, 9.17) is 10.2 Å². The average Bonchev–Trinajstić information content (AvgIpc) is 2.52. The van der Waals surface area contributed by atoms with E-state index in [1.165, 1.54) is 36.0 Å². The first kappa shape index (κ1) is 18.8. The Labute approximate surface area is 136 Å². The molecule has 5 N–H and O–H groups in total. The van der Waals surface area contributed by atoms with Crippen LogP contribution in [0.15, 0.2) is 24.3 Å². The van der Waals surface area contributed by atoms with E-state index < -0.39 is 36.5 Å². The third-order valence-corrected chi connectivity index (χ3v) is 3.55. The molecule has 126 valence electrons. The third kappa shape index (κ3) is 5.80. The first-order valence-electron chi connectivity index (χ1n) is 6.60. The number of phenols is 1. The summed E-state index contributed by atoms with van der Waals surface area (Å²) in [6, 6.07) is 3.21. The zero-order valence-corrected chi connectivity index (χ0v) is 13.2. The minimum absolute atomic E-state index is 0.0211. The molecule has 1 aromatic rings. The second kappa shape index (κ2) is 9.01. The molecule has 0 unspecified atom stereocenters. The molecule has 2 atom stereocenters. The molecule has 23 heavy (non-hydrogen) atoms. The first-order chi connectivity index (χ1) is 10.9. The van der Waals surface area contributed by atoms with Gasteiger partial charge in [-0.15, -0.1) is 0 Å². The van der Waals surface area contributed by atoms with Crippen molar-refractivity contribution in [1.29, 1.82) is 0 Å². The van der Waals surface area contributed by atoms with E-state index in [2.05, 4.69) is 10.6 Å². The van der Waals surface area contributed by atoms with Crippen molar-refractivity contribution in [2.24, 2.45) is 0 Å². The highest BCUT2D eigenvalue weighted by Gasteiger charge is 2.27. The van der Waals surface area contributed by atoms with Gasteiger partial charge < -0.3 is 26.0 Å². The predicted octanol–water partition coefficient (Wildman–Crippen LogP) is -0.526. The molecule has 0 aliphatic rings. The number of amides is 2. The predicted molar refractivity (Wildman–Crippen MR) is 84.0 cm³/mol. The van der Waals surface area contributed by atoms with Gasteiger partial charge in [0.05, 0.1) is 0 Å². The number of aliphatic hydroxyl groups is 1. The van der Waals surface area contributed by atoms with Crippen LogP contribution < -0.4 is 10.6 Å². The number of carboxylic acid groups (broad SMARTS) is 1. The maximum absolute atomic E-state index is 12.3. The Morgan fingerprint density at radius 1 is 1.17 bits per heavy atom. The second-order valence-corrected chi connectivity index (χ2v) is 5.52. The van der Waals surface area contributed by atoms with Crippen molar-refractivity contribution in [2.75, 3.05) is 18.6 Å². The SMILES string of the molecule is CSC[C@H](NC(=O)[C@H](NC(=O)CO)c1ccc(O)cc1)C(=O)O. The maximum atomic E-state index is 12.3. The molecule has 0 aromatic heterocycles. The Morgan fingerprint density at radius 3 is 2.26 bits per heavy atom. The number of nitrogens with one attached hydrogen (secondary N) is 2. The Bertz CT molecular complexity index is 563. The summed E-state index contributed by atoms with van der Waals surface area (Å²) in [5, 5.41) is 31.8. The van der Waals surface area contributed by atoms with Gasteiger partial charge in [-0.2, -0.15) is 11.8 Å². The molecule has 0 saturated heterocycles. The van der Waals surface area contributed by atoms with Crippen LogP contribution in [0.25, 0.3) is 0 Å². The van der Waals surface area contributed by atoms with Crippen LogP contribution in [0.2, 0.25) is 0 Å². The van der Waals surface area contributed by atoms with Crippen molar-refractivity contribution in [1.82, 2.24) is 10.6 Å². The molecule has 0 saturated carbocycles. The number of rotatable bonds is 8. The van der Waals surface area contributed by atoms with Crippen LogP contribution in [0.3, 0.4) is 0 Å². The Hall–Kier alpha value is -2.26. The van der Waals surface area contributed by atoms with Crippen molar-refractivity contribution < 1.29 is 29.7 Å². The Morgan fingerprint density at radius 2 is 1.78 bits per heavy atom. The summed E-state index contributed by atoms with van der Waals surface area (Å²) in [5.74, 6) is -2.55. The lowest BCUT2D eigenvalue weighted by Gasteiger charge is -2.21. The third-order valence-electron chi connectivity index (χ3n) is 2.89. The van der Waals surface area contributed by atoms with E-state index in [1.807, 2.05) is 0 Å². The molecule has 1 rings (SSSR count). The van der Waals surface area contributed by atoms with Gasteiger partial charge in [0.15, 0.2) is 0 Å². The van der Waals surface area contributed by atoms with Gasteiger partial charge in [-0.3, -0.25) is 9.59 Å². The van der Waals surface area contributed by atoms with Crippen LogP contribution in [0.1, 0.15) is 11.6 Å². The lowest BCUT2D eigenvalue weighted by atomic mass is 10.1. The number of aliphatic carboxylic acids is 1. The lowest BCUT2D eigenvalue weighted by Crippen LogP contribution is -2.48. The van der Waals surface area contributed by atoms with Crippen molar-refractivity contribution in [2.45, 2.75) is 12.1 Å². The summed E-state index contributed by atoms with van der Waals surface area (Å²) in [7, 11) is 0. The molecule has 0 aliphatic heterocycles. The molecule has 2 amide bonds. The van der Waals surface area contributed by atoms with Crippen molar-refractivity contribution >= 4 is 29.5 Å². The smallest absolute Gasteiger partial charge is 0.327 e. The van der Waals surface area contributed by atoms with Crippen molar-refractivity contribution in [3.05, 3.63) is 29.8 Å². The van der Waals surface area contributed by atoms with E-state index in [1.54, 1.807) is 6.26 Å². The quantitative estimate of drug-likeness (QED) is 0.428. The number of hydrogen-bond acceptors (Lipinski definition) is 6. The van der Waals surface area contributed by atoms with Gasteiger partial charge >= 0.3 is 5.97 Å². The number of benzene rings is 1. The Kier molecular flexibility index (Phi) is 7.36. The molecule has 0 bridgehead atoms. The standard InChI is InChI=1S/C14H18N2O6S/c1-23-7-10(14(21)22)15-13(20)12(16-11(19)6-17)8-2-4-9(18)5-3-8/h2-5,10,12,17-18H,6-7H2,1H3,(H,15,20)(H,16,19)(H,21,22)/t10-,12+/m0/s1. The summed E-state index contributed by atoms with van der Waals surface area (Å²) >= 11 is 1.25. The summed E-state index contributed by atoms with van der Waals surface area (Å²) in [6.45, 7) is -0.810. The lowest BCUT2D eigenvalue weighted by molar-refractivity contribution is -0.141. The van der Waals surface area contributed by atoms with Crippen molar-refractivity contribution in [3.8, 4) is 5.75 Å².